The van der Waals surface area contributed by atoms with E-state index >= 15 is 0 Å². The monoisotopic (exact) mass is 364 g/mol. The quantitative estimate of drug-likeness (QED) is 0.823. The highest BCUT2D eigenvalue weighted by Crippen LogP contribution is 2.24. The number of hydrogen-bond donors (Lipinski definition) is 2. The Balaban J connectivity index is 1.73. The van der Waals surface area contributed by atoms with Crippen LogP contribution in [0.25, 0.3) is 0 Å². The number of carbonyl (C=O) groups is 1. The summed E-state index contributed by atoms with van der Waals surface area (Å²) in [6.45, 7) is 5.04. The predicted molar refractivity (Wildman–Crippen MR) is 95.7 cm³/mol. The fourth-order valence-corrected chi connectivity index (χ4v) is 4.63. The number of benzene rings is 1. The lowest BCUT2D eigenvalue weighted by Gasteiger charge is -2.34. The molecule has 1 amide bonds. The van der Waals surface area contributed by atoms with Gasteiger partial charge >= 0.3 is 0 Å². The Hall–Kier alpha value is -1.93. The summed E-state index contributed by atoms with van der Waals surface area (Å²) >= 11 is 0. The lowest BCUT2D eigenvalue weighted by atomic mass is 9.91. The molecule has 8 heteroatoms. The molecule has 2 unspecified atom stereocenters. The first-order valence-corrected chi connectivity index (χ1v) is 10.0. The van der Waals surface area contributed by atoms with Gasteiger partial charge in [-0.05, 0) is 44.7 Å². The molecular formula is C17H24N4O3S. The molecule has 2 atom stereocenters. The number of rotatable bonds is 3. The summed E-state index contributed by atoms with van der Waals surface area (Å²) in [5.74, 6) is 0.598. The second-order valence-corrected chi connectivity index (χ2v) is 8.43. The van der Waals surface area contributed by atoms with Crippen LogP contribution in [0.4, 0.5) is 0 Å². The molecule has 2 aliphatic heterocycles. The van der Waals surface area contributed by atoms with Crippen molar-refractivity contribution in [1.29, 1.82) is 0 Å². The second kappa shape index (κ2) is 6.76. The van der Waals surface area contributed by atoms with Crippen LogP contribution >= 0.6 is 0 Å². The Morgan fingerprint density at radius 3 is 2.56 bits per heavy atom. The van der Waals surface area contributed by atoms with Gasteiger partial charge in [0.2, 0.25) is 5.91 Å². The number of amidine groups is 1. The molecule has 0 bridgehead atoms. The van der Waals surface area contributed by atoms with Gasteiger partial charge in [0, 0.05) is 24.7 Å². The van der Waals surface area contributed by atoms with Crippen molar-refractivity contribution < 1.29 is 13.2 Å². The van der Waals surface area contributed by atoms with Crippen LogP contribution in [-0.2, 0) is 14.8 Å². The van der Waals surface area contributed by atoms with Crippen molar-refractivity contribution in [3.05, 3.63) is 29.8 Å². The molecule has 136 valence electrons. The Morgan fingerprint density at radius 2 is 1.92 bits per heavy atom. The first-order chi connectivity index (χ1) is 11.8. The molecule has 1 aromatic rings. The minimum Gasteiger partial charge on any atom is -0.341 e. The van der Waals surface area contributed by atoms with E-state index in [2.05, 4.69) is 9.71 Å². The molecular weight excluding hydrogens is 340 g/mol. The minimum absolute atomic E-state index is 0.0841. The number of aliphatic imine (C=N–C) groups is 1. The number of carbonyl (C=O) groups excluding carboxylic acids is 1. The van der Waals surface area contributed by atoms with Gasteiger partial charge in [0.1, 0.15) is 11.9 Å². The zero-order valence-corrected chi connectivity index (χ0v) is 15.3. The van der Waals surface area contributed by atoms with Gasteiger partial charge in [-0.2, -0.15) is 0 Å². The predicted octanol–water partition coefficient (Wildman–Crippen LogP) is 0.699. The maximum Gasteiger partial charge on any atom is 0.263 e. The van der Waals surface area contributed by atoms with Gasteiger partial charge in [-0.15, -0.1) is 0 Å². The summed E-state index contributed by atoms with van der Waals surface area (Å²) in [6, 6.07) is 6.14. The first kappa shape index (κ1) is 17.9. The number of nitrogens with zero attached hydrogens (tertiary/aromatic N) is 2. The van der Waals surface area contributed by atoms with E-state index in [4.69, 9.17) is 5.73 Å². The third kappa shape index (κ3) is 3.55. The Morgan fingerprint density at radius 1 is 1.28 bits per heavy atom. The highest BCUT2D eigenvalue weighted by Gasteiger charge is 2.32. The van der Waals surface area contributed by atoms with E-state index in [1.165, 1.54) is 6.07 Å². The van der Waals surface area contributed by atoms with E-state index in [1.54, 1.807) is 30.0 Å². The molecule has 0 saturated carbocycles. The normalized spacial score (nSPS) is 23.8. The van der Waals surface area contributed by atoms with Gasteiger partial charge in [-0.3, -0.25) is 14.5 Å². The molecule has 1 aromatic carbocycles. The Labute approximate surface area is 148 Å². The number of hydrogen-bond acceptors (Lipinski definition) is 5. The molecule has 25 heavy (non-hydrogen) atoms. The number of sulfonamides is 1. The van der Waals surface area contributed by atoms with Crippen molar-refractivity contribution in [3.8, 4) is 0 Å². The van der Waals surface area contributed by atoms with Gasteiger partial charge in [-0.25, -0.2) is 8.42 Å². The van der Waals surface area contributed by atoms with Crippen molar-refractivity contribution in [2.75, 3.05) is 13.1 Å². The molecule has 2 heterocycles. The largest absolute Gasteiger partial charge is 0.341 e. The number of piperidine rings is 1. The van der Waals surface area contributed by atoms with Crippen LogP contribution in [0.2, 0.25) is 0 Å². The highest BCUT2D eigenvalue weighted by molar-refractivity contribution is 7.90. The summed E-state index contributed by atoms with van der Waals surface area (Å²) in [6.07, 6.45) is 1.78. The number of nitrogens with two attached hydrogens (primary N) is 1. The molecule has 2 aliphatic rings. The van der Waals surface area contributed by atoms with Crippen LogP contribution in [0.15, 0.2) is 34.2 Å². The summed E-state index contributed by atoms with van der Waals surface area (Å²) in [5.41, 5.74) is 6.45. The summed E-state index contributed by atoms with van der Waals surface area (Å²) < 4.78 is 26.7. The molecule has 3 N–H and O–H groups in total. The van der Waals surface area contributed by atoms with Crippen LogP contribution < -0.4 is 10.5 Å². The lowest BCUT2D eigenvalue weighted by Crippen LogP contribution is -2.45. The van der Waals surface area contributed by atoms with Gasteiger partial charge in [-0.1, -0.05) is 12.1 Å². The van der Waals surface area contributed by atoms with E-state index in [0.717, 1.165) is 12.8 Å². The number of nitrogens with one attached hydrogen (secondary N) is 1. The van der Waals surface area contributed by atoms with E-state index in [1.807, 2.05) is 6.92 Å². The topological polar surface area (TPSA) is 105 Å². The number of amides is 1. The van der Waals surface area contributed by atoms with Crippen LogP contribution in [0.5, 0.6) is 0 Å². The van der Waals surface area contributed by atoms with Crippen molar-refractivity contribution in [3.63, 3.8) is 0 Å². The maximum absolute atomic E-state index is 12.6. The minimum atomic E-state index is -3.59. The zero-order chi connectivity index (χ0) is 18.2. The van der Waals surface area contributed by atoms with Crippen molar-refractivity contribution in [1.82, 2.24) is 9.62 Å². The van der Waals surface area contributed by atoms with Gasteiger partial charge in [0.25, 0.3) is 10.0 Å². The number of likely N-dealkylation sites (tertiary alicyclic amines) is 1. The zero-order valence-electron chi connectivity index (χ0n) is 14.5. The fraction of sp³-hybridized carbons (Fsp3) is 0.529. The van der Waals surface area contributed by atoms with Crippen molar-refractivity contribution in [2.45, 2.75) is 43.7 Å². The Bertz CT molecular complexity index is 796. The molecule has 0 spiro atoms. The summed E-state index contributed by atoms with van der Waals surface area (Å²) in [5, 5.41) is 0. The number of fused-ring (bicyclic) bond motifs is 1. The smallest absolute Gasteiger partial charge is 0.263 e. The van der Waals surface area contributed by atoms with E-state index in [-0.39, 0.29) is 22.7 Å². The SMILES string of the molecule is CC(N=C1NS(=O)(=O)c2ccccc21)C(=O)N1CCC(C(C)N)CC1. The summed E-state index contributed by atoms with van der Waals surface area (Å²) in [7, 11) is -3.59. The Kier molecular flexibility index (Phi) is 4.83. The molecule has 1 fully saturated rings. The van der Waals surface area contributed by atoms with Gasteiger partial charge in [0.05, 0.1) is 4.90 Å². The first-order valence-electron chi connectivity index (χ1n) is 8.54. The average Bonchev–Trinajstić information content (AvgIpc) is 2.85. The summed E-state index contributed by atoms with van der Waals surface area (Å²) in [4.78, 5) is 19.0. The van der Waals surface area contributed by atoms with E-state index in [0.29, 0.717) is 24.6 Å². The molecule has 0 radical (unpaired) electrons. The lowest BCUT2D eigenvalue weighted by molar-refractivity contribution is -0.133. The van der Waals surface area contributed by atoms with Gasteiger partial charge < -0.3 is 10.6 Å². The average molecular weight is 364 g/mol. The van der Waals surface area contributed by atoms with Crippen LogP contribution in [-0.4, -0.2) is 50.2 Å². The van der Waals surface area contributed by atoms with Crippen molar-refractivity contribution >= 4 is 21.8 Å². The van der Waals surface area contributed by atoms with Crippen LogP contribution in [0, 0.1) is 5.92 Å². The second-order valence-electron chi connectivity index (χ2n) is 6.78. The van der Waals surface area contributed by atoms with Crippen LogP contribution in [0.1, 0.15) is 32.3 Å². The maximum atomic E-state index is 12.6. The highest BCUT2D eigenvalue weighted by atomic mass is 32.2. The molecule has 0 aromatic heterocycles. The standard InChI is InChI=1S/C17H24N4O3S/c1-11(18)13-7-9-21(10-8-13)17(22)12(2)19-16-14-5-3-4-6-15(14)25(23,24)20-16/h3-6,11-13H,7-10,18H2,1-2H3,(H,19,20). The molecule has 1 saturated heterocycles. The third-order valence-electron chi connectivity index (χ3n) is 4.94. The van der Waals surface area contributed by atoms with Gasteiger partial charge in [0.15, 0.2) is 0 Å². The third-order valence-corrected chi connectivity index (χ3v) is 6.33. The molecule has 3 rings (SSSR count). The fourth-order valence-electron chi connectivity index (χ4n) is 3.39. The van der Waals surface area contributed by atoms with Crippen LogP contribution in [0.3, 0.4) is 0 Å². The molecule has 0 aliphatic carbocycles. The van der Waals surface area contributed by atoms with Crippen molar-refractivity contribution in [2.24, 2.45) is 16.6 Å². The van der Waals surface area contributed by atoms with E-state index < -0.39 is 16.1 Å². The molecule has 7 nitrogen and oxygen atoms in total. The van der Waals surface area contributed by atoms with E-state index in [9.17, 15) is 13.2 Å².